The smallest absolute Gasteiger partial charge is 0.234 e. The Bertz CT molecular complexity index is 1050. The third kappa shape index (κ3) is 6.41. The number of hydrogen-bond acceptors (Lipinski definition) is 7. The second-order valence-electron chi connectivity index (χ2n) is 5.72. The number of carbonyl (C=O) groups excluding carboxylic acids is 2. The Morgan fingerprint density at radius 2 is 1.93 bits per heavy atom. The van der Waals surface area contributed by atoms with Gasteiger partial charge >= 0.3 is 0 Å². The zero-order valence-corrected chi connectivity index (χ0v) is 17.4. The average molecular weight is 452 g/mol. The highest BCUT2D eigenvalue weighted by Gasteiger charge is 2.11. The fraction of sp³-hybridized carbons (Fsp3) is 0.111. The number of rotatable bonds is 7. The van der Waals surface area contributed by atoms with Crippen LogP contribution in [0.4, 0.5) is 26.6 Å². The molecule has 1 heterocycles. The lowest BCUT2D eigenvalue weighted by molar-refractivity contribution is -0.114. The van der Waals surface area contributed by atoms with Crippen LogP contribution in [0.5, 0.6) is 0 Å². The Balaban J connectivity index is 1.54. The first-order valence-electron chi connectivity index (χ1n) is 8.25. The minimum atomic E-state index is -0.559. The first kappa shape index (κ1) is 21.0. The summed E-state index contributed by atoms with van der Waals surface area (Å²) in [6.07, 6.45) is 0. The third-order valence-electron chi connectivity index (χ3n) is 3.37. The van der Waals surface area contributed by atoms with Gasteiger partial charge in [0.15, 0.2) is 4.34 Å². The van der Waals surface area contributed by atoms with Crippen LogP contribution >= 0.6 is 34.7 Å². The molecule has 29 heavy (non-hydrogen) atoms. The number of anilines is 4. The van der Waals surface area contributed by atoms with E-state index in [1.165, 1.54) is 48.2 Å². The molecule has 0 fully saturated rings. The van der Waals surface area contributed by atoms with Gasteiger partial charge in [-0.25, -0.2) is 4.39 Å². The molecule has 3 N–H and O–H groups in total. The van der Waals surface area contributed by atoms with Crippen LogP contribution < -0.4 is 16.0 Å². The summed E-state index contributed by atoms with van der Waals surface area (Å²) in [5.41, 5.74) is 1.42. The predicted octanol–water partition coefficient (Wildman–Crippen LogP) is 4.76. The molecule has 0 saturated heterocycles. The van der Waals surface area contributed by atoms with Crippen molar-refractivity contribution in [2.45, 2.75) is 11.3 Å². The highest BCUT2D eigenvalue weighted by molar-refractivity contribution is 8.01. The molecule has 0 aliphatic carbocycles. The van der Waals surface area contributed by atoms with Crippen molar-refractivity contribution in [2.75, 3.05) is 21.7 Å². The van der Waals surface area contributed by atoms with Crippen molar-refractivity contribution < 1.29 is 14.0 Å². The van der Waals surface area contributed by atoms with E-state index >= 15 is 0 Å². The summed E-state index contributed by atoms with van der Waals surface area (Å²) < 4.78 is 14.2. The van der Waals surface area contributed by atoms with Crippen molar-refractivity contribution in [2.24, 2.45) is 0 Å². The summed E-state index contributed by atoms with van der Waals surface area (Å²) >= 11 is 8.26. The molecule has 150 valence electrons. The van der Waals surface area contributed by atoms with E-state index in [0.29, 0.717) is 20.2 Å². The highest BCUT2D eigenvalue weighted by Crippen LogP contribution is 2.28. The van der Waals surface area contributed by atoms with Crippen LogP contribution in [-0.4, -0.2) is 27.8 Å². The van der Waals surface area contributed by atoms with Gasteiger partial charge in [0, 0.05) is 23.3 Å². The van der Waals surface area contributed by atoms with Crippen LogP contribution in [0.2, 0.25) is 5.02 Å². The number of nitrogens with one attached hydrogen (secondary N) is 3. The average Bonchev–Trinajstić information content (AvgIpc) is 3.10. The molecule has 0 spiro atoms. The fourth-order valence-corrected chi connectivity index (χ4v) is 3.97. The molecule has 0 aliphatic heterocycles. The molecule has 0 unspecified atom stereocenters. The molecule has 0 aliphatic rings. The maximum atomic E-state index is 13.7. The number of nitrogens with zero attached hydrogens (tertiary/aromatic N) is 2. The van der Waals surface area contributed by atoms with Gasteiger partial charge in [0.1, 0.15) is 5.82 Å². The number of thioether (sulfide) groups is 1. The van der Waals surface area contributed by atoms with Crippen LogP contribution in [-0.2, 0) is 9.59 Å². The van der Waals surface area contributed by atoms with Crippen LogP contribution in [0.25, 0.3) is 0 Å². The summed E-state index contributed by atoms with van der Waals surface area (Å²) in [5, 5.41) is 17.2. The standard InChI is InChI=1S/C18H15ClFN5O2S2/c1-10(26)21-12-3-2-4-13(8-12)22-17-24-25-18(29-17)28-9-16(27)23-15-7-11(19)5-6-14(15)20/h2-8H,9H2,1H3,(H,21,26)(H,22,24)(H,23,27). The van der Waals surface area contributed by atoms with Crippen molar-refractivity contribution in [1.82, 2.24) is 10.2 Å². The molecule has 3 aromatic rings. The van der Waals surface area contributed by atoms with Gasteiger partial charge in [-0.1, -0.05) is 40.8 Å². The van der Waals surface area contributed by atoms with Gasteiger partial charge in [-0.2, -0.15) is 0 Å². The number of hydrogen-bond donors (Lipinski definition) is 3. The lowest BCUT2D eigenvalue weighted by atomic mass is 10.3. The lowest BCUT2D eigenvalue weighted by Crippen LogP contribution is -2.15. The summed E-state index contributed by atoms with van der Waals surface area (Å²) in [7, 11) is 0. The number of carbonyl (C=O) groups is 2. The van der Waals surface area contributed by atoms with Crippen molar-refractivity contribution >= 4 is 68.7 Å². The molecule has 0 bridgehead atoms. The first-order chi connectivity index (χ1) is 13.9. The Morgan fingerprint density at radius 3 is 2.72 bits per heavy atom. The molecule has 1 aromatic heterocycles. The van der Waals surface area contributed by atoms with Gasteiger partial charge < -0.3 is 16.0 Å². The van der Waals surface area contributed by atoms with Crippen LogP contribution in [0.3, 0.4) is 0 Å². The molecule has 0 saturated carbocycles. The fourth-order valence-electron chi connectivity index (χ4n) is 2.23. The Kier molecular flexibility index (Phi) is 7.02. The summed E-state index contributed by atoms with van der Waals surface area (Å²) in [6, 6.07) is 11.1. The van der Waals surface area contributed by atoms with Crippen molar-refractivity contribution in [1.29, 1.82) is 0 Å². The molecule has 11 heteroatoms. The topological polar surface area (TPSA) is 96.0 Å². The Hall–Kier alpha value is -2.69. The first-order valence-corrected chi connectivity index (χ1v) is 10.4. The van der Waals surface area contributed by atoms with Crippen molar-refractivity contribution in [3.8, 4) is 0 Å². The van der Waals surface area contributed by atoms with Gasteiger partial charge in [0.2, 0.25) is 16.9 Å². The van der Waals surface area contributed by atoms with Gasteiger partial charge in [-0.15, -0.1) is 10.2 Å². The van der Waals surface area contributed by atoms with Gasteiger partial charge in [-0.05, 0) is 36.4 Å². The molecule has 2 amide bonds. The van der Waals surface area contributed by atoms with Crippen molar-refractivity contribution in [3.63, 3.8) is 0 Å². The zero-order chi connectivity index (χ0) is 20.8. The normalized spacial score (nSPS) is 10.4. The molecule has 0 radical (unpaired) electrons. The minimum absolute atomic E-state index is 0.0294. The van der Waals surface area contributed by atoms with Gasteiger partial charge in [0.05, 0.1) is 11.4 Å². The molecule has 0 atom stereocenters. The predicted molar refractivity (Wildman–Crippen MR) is 115 cm³/mol. The summed E-state index contributed by atoms with van der Waals surface area (Å²) in [5.74, 6) is -1.06. The van der Waals surface area contributed by atoms with Crippen LogP contribution in [0, 0.1) is 5.82 Å². The van der Waals surface area contributed by atoms with Crippen molar-refractivity contribution in [3.05, 3.63) is 53.3 Å². The van der Waals surface area contributed by atoms with E-state index < -0.39 is 5.82 Å². The molecular weight excluding hydrogens is 437 g/mol. The van der Waals surface area contributed by atoms with Crippen LogP contribution in [0.15, 0.2) is 46.8 Å². The Labute approximate surface area is 179 Å². The number of amides is 2. The van der Waals surface area contributed by atoms with E-state index in [1.807, 2.05) is 6.07 Å². The minimum Gasteiger partial charge on any atom is -0.330 e. The van der Waals surface area contributed by atoms with Crippen LogP contribution in [0.1, 0.15) is 6.92 Å². The molecule has 2 aromatic carbocycles. The maximum Gasteiger partial charge on any atom is 0.234 e. The maximum absolute atomic E-state index is 13.7. The van der Waals surface area contributed by atoms with Gasteiger partial charge in [0.25, 0.3) is 0 Å². The number of benzene rings is 2. The largest absolute Gasteiger partial charge is 0.330 e. The van der Waals surface area contributed by atoms with Gasteiger partial charge in [-0.3, -0.25) is 9.59 Å². The lowest BCUT2D eigenvalue weighted by Gasteiger charge is -2.06. The highest BCUT2D eigenvalue weighted by atomic mass is 35.5. The molecule has 3 rings (SSSR count). The molecular formula is C18H15ClFN5O2S2. The van der Waals surface area contributed by atoms with E-state index in [2.05, 4.69) is 26.1 Å². The van der Waals surface area contributed by atoms with E-state index in [0.717, 1.165) is 5.69 Å². The van der Waals surface area contributed by atoms with E-state index in [1.54, 1.807) is 18.2 Å². The summed E-state index contributed by atoms with van der Waals surface area (Å²) in [4.78, 5) is 23.2. The quantitative estimate of drug-likeness (QED) is 0.448. The van der Waals surface area contributed by atoms with E-state index in [4.69, 9.17) is 11.6 Å². The second kappa shape index (κ2) is 9.68. The number of aromatic nitrogens is 2. The third-order valence-corrected chi connectivity index (χ3v) is 5.58. The number of halogens is 2. The Morgan fingerprint density at radius 1 is 1.14 bits per heavy atom. The van der Waals surface area contributed by atoms with E-state index in [9.17, 15) is 14.0 Å². The molecule has 7 nitrogen and oxygen atoms in total. The monoisotopic (exact) mass is 451 g/mol. The second-order valence-corrected chi connectivity index (χ2v) is 8.36. The summed E-state index contributed by atoms with van der Waals surface area (Å²) in [6.45, 7) is 1.44. The van der Waals surface area contributed by atoms with E-state index in [-0.39, 0.29) is 23.3 Å². The zero-order valence-electron chi connectivity index (χ0n) is 15.0. The SMILES string of the molecule is CC(=O)Nc1cccc(Nc2nnc(SCC(=O)Nc3cc(Cl)ccc3F)s2)c1.